The van der Waals surface area contributed by atoms with E-state index in [-0.39, 0.29) is 5.91 Å². The fraction of sp³-hybridized carbons (Fsp3) is 0.320. The van der Waals surface area contributed by atoms with Crippen LogP contribution in [0.4, 0.5) is 0 Å². The highest BCUT2D eigenvalue weighted by molar-refractivity contribution is 7.99. The topological polar surface area (TPSA) is 58.1 Å². The Morgan fingerprint density at radius 2 is 1.85 bits per heavy atom. The van der Waals surface area contributed by atoms with Gasteiger partial charge in [0.05, 0.1) is 15.8 Å². The summed E-state index contributed by atoms with van der Waals surface area (Å²) in [5.41, 5.74) is 3.23. The van der Waals surface area contributed by atoms with Crippen molar-refractivity contribution in [3.8, 4) is 11.1 Å². The first-order valence-corrected chi connectivity index (χ1v) is 12.6. The minimum atomic E-state index is -0.00271. The van der Waals surface area contributed by atoms with Gasteiger partial charge in [0, 0.05) is 37.1 Å². The van der Waals surface area contributed by atoms with Crippen LogP contribution in [-0.4, -0.2) is 52.7 Å². The molecule has 1 saturated heterocycles. The van der Waals surface area contributed by atoms with E-state index < -0.39 is 0 Å². The summed E-state index contributed by atoms with van der Waals surface area (Å²) in [6, 6.07) is 16.2. The lowest BCUT2D eigenvalue weighted by Gasteiger charge is -2.19. The fourth-order valence-electron chi connectivity index (χ4n) is 4.17. The first kappa shape index (κ1) is 24.0. The number of hydrogen-bond acceptors (Lipinski definition) is 5. The van der Waals surface area contributed by atoms with Gasteiger partial charge in [-0.3, -0.25) is 4.79 Å². The standard InChI is InChI=1S/C25H26Cl2N4OS/c1-31-15-18(9-17-7-8-22(26)23(27)11-17)10-21(31)14-28-24(32)16-33-25-29-12-20(13-30-25)19-5-3-2-4-6-19/h2-8,11-13,18,21H,9-10,14-16H2,1H3,(H,28,32)/t18-,21-/m0/s1. The monoisotopic (exact) mass is 500 g/mol. The van der Waals surface area contributed by atoms with Gasteiger partial charge in [-0.1, -0.05) is 71.4 Å². The van der Waals surface area contributed by atoms with E-state index >= 15 is 0 Å². The van der Waals surface area contributed by atoms with Crippen LogP contribution in [0.1, 0.15) is 12.0 Å². The summed E-state index contributed by atoms with van der Waals surface area (Å²) < 4.78 is 0. The van der Waals surface area contributed by atoms with Crippen LogP contribution in [0.5, 0.6) is 0 Å². The maximum Gasteiger partial charge on any atom is 0.230 e. The molecule has 2 atom stereocenters. The van der Waals surface area contributed by atoms with E-state index in [0.29, 0.717) is 39.5 Å². The van der Waals surface area contributed by atoms with Crippen molar-refractivity contribution in [2.75, 3.05) is 25.9 Å². The minimum absolute atomic E-state index is 0.00271. The molecule has 2 aromatic carbocycles. The molecule has 0 unspecified atom stereocenters. The Hall–Kier alpha value is -2.12. The highest BCUT2D eigenvalue weighted by Gasteiger charge is 2.29. The number of carbonyl (C=O) groups excluding carboxylic acids is 1. The Labute approximate surface area is 208 Å². The van der Waals surface area contributed by atoms with Crippen molar-refractivity contribution >= 4 is 40.9 Å². The van der Waals surface area contributed by atoms with Crippen LogP contribution < -0.4 is 5.32 Å². The maximum absolute atomic E-state index is 12.4. The normalized spacial score (nSPS) is 18.4. The second kappa shape index (κ2) is 11.3. The van der Waals surface area contributed by atoms with E-state index in [4.69, 9.17) is 23.2 Å². The van der Waals surface area contributed by atoms with Gasteiger partial charge in [-0.05, 0) is 49.1 Å². The third-order valence-electron chi connectivity index (χ3n) is 5.89. The Balaban J connectivity index is 1.20. The van der Waals surface area contributed by atoms with Gasteiger partial charge in [0.1, 0.15) is 0 Å². The van der Waals surface area contributed by atoms with Gasteiger partial charge in [-0.2, -0.15) is 0 Å². The molecular formula is C25H26Cl2N4OS. The van der Waals surface area contributed by atoms with Gasteiger partial charge in [0.15, 0.2) is 5.16 Å². The maximum atomic E-state index is 12.4. The zero-order valence-corrected chi connectivity index (χ0v) is 20.7. The molecule has 0 aliphatic carbocycles. The molecule has 4 rings (SSSR count). The van der Waals surface area contributed by atoms with Crippen LogP contribution in [0.3, 0.4) is 0 Å². The number of hydrogen-bond donors (Lipinski definition) is 1. The molecule has 0 spiro atoms. The summed E-state index contributed by atoms with van der Waals surface area (Å²) in [6.45, 7) is 1.64. The largest absolute Gasteiger partial charge is 0.354 e. The second-order valence-electron chi connectivity index (χ2n) is 8.36. The first-order chi connectivity index (χ1) is 16.0. The summed E-state index contributed by atoms with van der Waals surface area (Å²) in [6.07, 6.45) is 5.58. The molecule has 5 nitrogen and oxygen atoms in total. The SMILES string of the molecule is CN1C[C@@H](Cc2ccc(Cl)c(Cl)c2)C[C@H]1CNC(=O)CSc1ncc(-c2ccccc2)cn1. The zero-order chi connectivity index (χ0) is 23.2. The number of benzene rings is 2. The smallest absolute Gasteiger partial charge is 0.230 e. The van der Waals surface area contributed by atoms with E-state index in [1.165, 1.54) is 17.3 Å². The van der Waals surface area contributed by atoms with Crippen LogP contribution in [0.25, 0.3) is 11.1 Å². The number of amides is 1. The average Bonchev–Trinajstić information content (AvgIpc) is 3.18. The molecule has 0 bridgehead atoms. The number of carbonyl (C=O) groups is 1. The van der Waals surface area contributed by atoms with E-state index in [1.54, 1.807) is 12.4 Å². The molecule has 1 aliphatic heterocycles. The number of halogens is 2. The summed E-state index contributed by atoms with van der Waals surface area (Å²) in [5, 5.41) is 4.85. The zero-order valence-electron chi connectivity index (χ0n) is 18.4. The Kier molecular flexibility index (Phi) is 8.25. The van der Waals surface area contributed by atoms with Gasteiger partial charge >= 0.3 is 0 Å². The van der Waals surface area contributed by atoms with E-state index in [0.717, 1.165) is 30.5 Å². The van der Waals surface area contributed by atoms with Crippen LogP contribution in [0.2, 0.25) is 10.0 Å². The van der Waals surface area contributed by atoms with Gasteiger partial charge in [-0.15, -0.1) is 0 Å². The molecule has 1 fully saturated rings. The molecule has 8 heteroatoms. The molecule has 2 heterocycles. The molecule has 1 N–H and O–H groups in total. The third kappa shape index (κ3) is 6.70. The Morgan fingerprint density at radius 3 is 2.58 bits per heavy atom. The Morgan fingerprint density at radius 1 is 1.09 bits per heavy atom. The average molecular weight is 501 g/mol. The summed E-state index contributed by atoms with van der Waals surface area (Å²) in [4.78, 5) is 23.5. The predicted molar refractivity (Wildman–Crippen MR) is 136 cm³/mol. The molecule has 0 saturated carbocycles. The lowest BCUT2D eigenvalue weighted by Crippen LogP contribution is -2.38. The molecule has 172 valence electrons. The van der Waals surface area contributed by atoms with Crippen LogP contribution in [0.15, 0.2) is 66.1 Å². The second-order valence-corrected chi connectivity index (χ2v) is 10.1. The summed E-state index contributed by atoms with van der Waals surface area (Å²) in [5.74, 6) is 0.825. The van der Waals surface area contributed by atoms with E-state index in [9.17, 15) is 4.79 Å². The van der Waals surface area contributed by atoms with Crippen molar-refractivity contribution < 1.29 is 4.79 Å². The highest BCUT2D eigenvalue weighted by Crippen LogP contribution is 2.28. The number of nitrogens with zero attached hydrogens (tertiary/aromatic N) is 3. The van der Waals surface area contributed by atoms with Crippen LogP contribution in [-0.2, 0) is 11.2 Å². The third-order valence-corrected chi connectivity index (χ3v) is 7.50. The first-order valence-electron chi connectivity index (χ1n) is 10.9. The van der Waals surface area contributed by atoms with Crippen LogP contribution in [0, 0.1) is 5.92 Å². The minimum Gasteiger partial charge on any atom is -0.354 e. The van der Waals surface area contributed by atoms with Crippen molar-refractivity contribution in [2.45, 2.75) is 24.0 Å². The summed E-state index contributed by atoms with van der Waals surface area (Å²) >= 11 is 13.5. The lowest BCUT2D eigenvalue weighted by atomic mass is 9.97. The molecule has 1 aromatic heterocycles. The van der Waals surface area contributed by atoms with Gasteiger partial charge in [0.2, 0.25) is 5.91 Å². The van der Waals surface area contributed by atoms with Crippen molar-refractivity contribution in [1.82, 2.24) is 20.2 Å². The fourth-order valence-corrected chi connectivity index (χ4v) is 5.10. The van der Waals surface area contributed by atoms with E-state index in [2.05, 4.69) is 27.2 Å². The molecule has 1 amide bonds. The van der Waals surface area contributed by atoms with Gasteiger partial charge in [0.25, 0.3) is 0 Å². The molecule has 33 heavy (non-hydrogen) atoms. The number of nitrogens with one attached hydrogen (secondary N) is 1. The number of aromatic nitrogens is 2. The number of likely N-dealkylation sites (N-methyl/N-ethyl adjacent to an activating group) is 1. The summed E-state index contributed by atoms with van der Waals surface area (Å²) in [7, 11) is 2.11. The molecule has 3 aromatic rings. The lowest BCUT2D eigenvalue weighted by molar-refractivity contribution is -0.118. The quantitative estimate of drug-likeness (QED) is 0.339. The van der Waals surface area contributed by atoms with Crippen LogP contribution >= 0.6 is 35.0 Å². The number of rotatable bonds is 8. The van der Waals surface area contributed by atoms with Gasteiger partial charge in [-0.25, -0.2) is 9.97 Å². The van der Waals surface area contributed by atoms with E-state index in [1.807, 2.05) is 48.5 Å². The van der Waals surface area contributed by atoms with Crippen molar-refractivity contribution in [3.05, 3.63) is 76.5 Å². The van der Waals surface area contributed by atoms with Crippen molar-refractivity contribution in [2.24, 2.45) is 5.92 Å². The molecular weight excluding hydrogens is 475 g/mol. The van der Waals surface area contributed by atoms with Crippen molar-refractivity contribution in [1.29, 1.82) is 0 Å². The highest BCUT2D eigenvalue weighted by atomic mass is 35.5. The molecule has 1 aliphatic rings. The predicted octanol–water partition coefficient (Wildman–Crippen LogP) is 5.22. The van der Waals surface area contributed by atoms with Gasteiger partial charge < -0.3 is 10.2 Å². The molecule has 0 radical (unpaired) electrons. The number of likely N-dealkylation sites (tertiary alicyclic amines) is 1. The Bertz CT molecular complexity index is 1080. The van der Waals surface area contributed by atoms with Crippen molar-refractivity contribution in [3.63, 3.8) is 0 Å². The number of thioether (sulfide) groups is 1.